The number of carbonyl (C=O) groups excluding carboxylic acids is 1. The molecule has 5 rings (SSSR count). The predicted octanol–water partition coefficient (Wildman–Crippen LogP) is 5.22. The largest absolute Gasteiger partial charge is 0.497 e. The van der Waals surface area contributed by atoms with Gasteiger partial charge in [0.1, 0.15) is 17.2 Å². The summed E-state index contributed by atoms with van der Waals surface area (Å²) in [5, 5.41) is 7.52. The molecule has 0 saturated heterocycles. The zero-order valence-electron chi connectivity index (χ0n) is 19.9. The maximum atomic E-state index is 13.6. The van der Waals surface area contributed by atoms with E-state index >= 15 is 0 Å². The molecule has 1 atom stereocenters. The highest BCUT2D eigenvalue weighted by Crippen LogP contribution is 2.45. The molecular weight excluding hydrogens is 446 g/mol. The summed E-state index contributed by atoms with van der Waals surface area (Å²) in [4.78, 5) is 15.4. The number of H-pyrrole nitrogens is 1. The van der Waals surface area contributed by atoms with Crippen molar-refractivity contribution in [3.8, 4) is 28.5 Å². The van der Waals surface area contributed by atoms with Gasteiger partial charge in [0.2, 0.25) is 0 Å². The Bertz CT molecular complexity index is 1310. The van der Waals surface area contributed by atoms with Gasteiger partial charge in [0, 0.05) is 11.1 Å². The van der Waals surface area contributed by atoms with Crippen molar-refractivity contribution in [2.75, 3.05) is 20.3 Å². The van der Waals surface area contributed by atoms with Crippen molar-refractivity contribution >= 4 is 5.91 Å². The average molecular weight is 474 g/mol. The highest BCUT2D eigenvalue weighted by Gasteiger charge is 2.42. The molecule has 0 saturated carbocycles. The van der Waals surface area contributed by atoms with Crippen LogP contribution in [0.5, 0.6) is 17.2 Å². The van der Waals surface area contributed by atoms with E-state index in [-0.39, 0.29) is 5.91 Å². The molecule has 35 heavy (non-hydrogen) atoms. The van der Waals surface area contributed by atoms with Crippen molar-refractivity contribution < 1.29 is 23.4 Å². The molecule has 1 N–H and O–H groups in total. The van der Waals surface area contributed by atoms with Crippen LogP contribution in [0, 0.1) is 0 Å². The fourth-order valence-electron chi connectivity index (χ4n) is 4.48. The summed E-state index contributed by atoms with van der Waals surface area (Å²) in [6, 6.07) is 16.7. The first-order valence-electron chi connectivity index (χ1n) is 11.6. The van der Waals surface area contributed by atoms with E-state index in [0.717, 1.165) is 28.1 Å². The maximum Gasteiger partial charge on any atom is 0.273 e. The lowest BCUT2D eigenvalue weighted by Crippen LogP contribution is -2.29. The minimum absolute atomic E-state index is 0.138. The van der Waals surface area contributed by atoms with Crippen molar-refractivity contribution in [1.82, 2.24) is 15.1 Å². The number of fused-ring (bicyclic) bond motifs is 1. The number of aromatic nitrogens is 2. The van der Waals surface area contributed by atoms with Gasteiger partial charge < -0.3 is 23.5 Å². The number of amides is 1. The topological polar surface area (TPSA) is 89.8 Å². The number of rotatable bonds is 9. The number of nitrogens with one attached hydrogen (secondary N) is 1. The number of benzene rings is 2. The first-order chi connectivity index (χ1) is 17.1. The number of nitrogens with zero attached hydrogens (tertiary/aromatic N) is 2. The molecule has 1 aliphatic heterocycles. The van der Waals surface area contributed by atoms with Gasteiger partial charge in [-0.05, 0) is 67.9 Å². The quantitative estimate of drug-likeness (QED) is 0.358. The lowest BCUT2D eigenvalue weighted by Gasteiger charge is -2.26. The van der Waals surface area contributed by atoms with Gasteiger partial charge in [-0.15, -0.1) is 0 Å². The Morgan fingerprint density at radius 3 is 2.49 bits per heavy atom. The van der Waals surface area contributed by atoms with Crippen LogP contribution in [0.25, 0.3) is 11.3 Å². The van der Waals surface area contributed by atoms with Crippen LogP contribution in [0.15, 0.2) is 65.3 Å². The van der Waals surface area contributed by atoms with Crippen molar-refractivity contribution in [2.24, 2.45) is 0 Å². The first kappa shape index (κ1) is 22.6. The van der Waals surface area contributed by atoms with Crippen LogP contribution in [-0.2, 0) is 6.54 Å². The van der Waals surface area contributed by atoms with Gasteiger partial charge in [-0.3, -0.25) is 9.89 Å². The van der Waals surface area contributed by atoms with Crippen LogP contribution in [-0.4, -0.2) is 41.3 Å². The summed E-state index contributed by atoms with van der Waals surface area (Å²) in [7, 11) is 1.63. The zero-order valence-corrected chi connectivity index (χ0v) is 19.9. The fourth-order valence-corrected chi connectivity index (χ4v) is 4.48. The van der Waals surface area contributed by atoms with E-state index in [9.17, 15) is 4.79 Å². The summed E-state index contributed by atoms with van der Waals surface area (Å²) in [6.45, 7) is 5.21. The highest BCUT2D eigenvalue weighted by molar-refractivity contribution is 6.00. The van der Waals surface area contributed by atoms with E-state index in [1.165, 1.54) is 0 Å². The Morgan fingerprint density at radius 2 is 1.80 bits per heavy atom. The molecule has 0 fully saturated rings. The summed E-state index contributed by atoms with van der Waals surface area (Å²) in [5.41, 5.74) is 3.79. The second-order valence-electron chi connectivity index (χ2n) is 8.08. The molecule has 180 valence electrons. The number of furan rings is 1. The molecule has 0 aliphatic carbocycles. The van der Waals surface area contributed by atoms with Crippen LogP contribution in [0.2, 0.25) is 0 Å². The number of hydrogen-bond acceptors (Lipinski definition) is 6. The smallest absolute Gasteiger partial charge is 0.273 e. The molecule has 1 amide bonds. The molecular formula is C27H27N3O5. The van der Waals surface area contributed by atoms with Crippen LogP contribution in [0.1, 0.15) is 47.3 Å². The summed E-state index contributed by atoms with van der Waals surface area (Å²) >= 11 is 0. The van der Waals surface area contributed by atoms with Crippen molar-refractivity contribution in [3.05, 3.63) is 83.4 Å². The van der Waals surface area contributed by atoms with Crippen molar-refractivity contribution in [3.63, 3.8) is 0 Å². The average Bonchev–Trinajstić information content (AvgIpc) is 3.60. The van der Waals surface area contributed by atoms with E-state index in [0.29, 0.717) is 42.7 Å². The molecule has 0 bridgehead atoms. The van der Waals surface area contributed by atoms with Gasteiger partial charge in [-0.1, -0.05) is 6.07 Å². The second kappa shape index (κ2) is 9.58. The minimum atomic E-state index is -0.395. The Labute approximate surface area is 203 Å². The van der Waals surface area contributed by atoms with Crippen LogP contribution in [0.3, 0.4) is 0 Å². The third-order valence-corrected chi connectivity index (χ3v) is 6.02. The number of hydrogen-bond donors (Lipinski definition) is 1. The predicted molar refractivity (Wildman–Crippen MR) is 130 cm³/mol. The summed E-state index contributed by atoms with van der Waals surface area (Å²) < 4.78 is 22.5. The van der Waals surface area contributed by atoms with Crippen LogP contribution >= 0.6 is 0 Å². The van der Waals surface area contributed by atoms with E-state index < -0.39 is 6.04 Å². The van der Waals surface area contributed by atoms with Gasteiger partial charge in [0.15, 0.2) is 11.5 Å². The third kappa shape index (κ3) is 4.12. The Balaban J connectivity index is 1.64. The molecule has 2 aromatic heterocycles. The molecule has 1 aliphatic rings. The van der Waals surface area contributed by atoms with Crippen molar-refractivity contribution in [1.29, 1.82) is 0 Å². The zero-order chi connectivity index (χ0) is 24.4. The standard InChI is InChI=1S/C27H27N3O5/c1-4-33-21-13-10-18(15-22(21)34-5-2)26-23-24(17-8-11-19(32-3)12-9-17)28-29-25(23)27(31)30(26)16-20-7-6-14-35-20/h6-15,26H,4-5,16H2,1-3H3,(H,28,29). The fraction of sp³-hybridized carbons (Fsp3) is 0.259. The van der Waals surface area contributed by atoms with Gasteiger partial charge in [-0.25, -0.2) is 0 Å². The van der Waals surface area contributed by atoms with Gasteiger partial charge in [-0.2, -0.15) is 5.10 Å². The van der Waals surface area contributed by atoms with E-state index in [1.54, 1.807) is 18.3 Å². The molecule has 8 nitrogen and oxygen atoms in total. The third-order valence-electron chi connectivity index (χ3n) is 6.02. The molecule has 0 spiro atoms. The molecule has 8 heteroatoms. The molecule has 2 aromatic carbocycles. The molecule has 1 unspecified atom stereocenters. The summed E-state index contributed by atoms with van der Waals surface area (Å²) in [6.07, 6.45) is 1.61. The van der Waals surface area contributed by atoms with Gasteiger partial charge in [0.25, 0.3) is 5.91 Å². The Kier molecular flexibility index (Phi) is 6.18. The minimum Gasteiger partial charge on any atom is -0.497 e. The van der Waals surface area contributed by atoms with Crippen LogP contribution < -0.4 is 14.2 Å². The maximum absolute atomic E-state index is 13.6. The lowest BCUT2D eigenvalue weighted by molar-refractivity contribution is 0.0716. The number of ether oxygens (including phenoxy) is 3. The molecule has 3 heterocycles. The van der Waals surface area contributed by atoms with Crippen LogP contribution in [0.4, 0.5) is 0 Å². The van der Waals surface area contributed by atoms with E-state index in [4.69, 9.17) is 18.6 Å². The second-order valence-corrected chi connectivity index (χ2v) is 8.08. The van der Waals surface area contributed by atoms with E-state index in [1.807, 2.05) is 68.4 Å². The molecule has 0 radical (unpaired) electrons. The van der Waals surface area contributed by atoms with E-state index in [2.05, 4.69) is 10.2 Å². The normalized spacial score (nSPS) is 14.8. The van der Waals surface area contributed by atoms with Gasteiger partial charge >= 0.3 is 0 Å². The Morgan fingerprint density at radius 1 is 1.03 bits per heavy atom. The highest BCUT2D eigenvalue weighted by atomic mass is 16.5. The SMILES string of the molecule is CCOc1ccc(C2c3c(-c4ccc(OC)cc4)n[nH]c3C(=O)N2Cc2ccco2)cc1OCC. The Hall–Kier alpha value is -4.20. The number of carbonyl (C=O) groups is 1. The van der Waals surface area contributed by atoms with Crippen molar-refractivity contribution in [2.45, 2.75) is 26.4 Å². The van der Waals surface area contributed by atoms with Gasteiger partial charge in [0.05, 0.1) is 44.9 Å². The number of methoxy groups -OCH3 is 1. The number of aromatic amines is 1. The lowest BCUT2D eigenvalue weighted by atomic mass is 9.95. The summed E-state index contributed by atoms with van der Waals surface area (Å²) in [5.74, 6) is 2.62. The monoisotopic (exact) mass is 473 g/mol. The molecule has 4 aromatic rings. The first-order valence-corrected chi connectivity index (χ1v) is 11.6.